The molecule has 0 bridgehead atoms. The molecule has 0 spiro atoms. The Morgan fingerprint density at radius 2 is 0.474 bits per heavy atom. The van der Waals surface area contributed by atoms with Gasteiger partial charge in [0.15, 0.2) is 12.2 Å². The molecule has 3 N–H and O–H groups in total. The summed E-state index contributed by atoms with van der Waals surface area (Å²) in [5.74, 6) is 0.173. The zero-order valence-electron chi connectivity index (χ0n) is 63.5. The van der Waals surface area contributed by atoms with Gasteiger partial charge in [0, 0.05) is 25.7 Å². The number of esters is 4. The minimum absolute atomic E-state index is 0.106. The van der Waals surface area contributed by atoms with Crippen molar-refractivity contribution in [3.63, 3.8) is 0 Å². The van der Waals surface area contributed by atoms with E-state index in [-0.39, 0.29) is 25.7 Å². The minimum atomic E-state index is -4.96. The summed E-state index contributed by atoms with van der Waals surface area (Å²) in [6.07, 6.45) is 55.6. The predicted octanol–water partition coefficient (Wildman–Crippen LogP) is 23.0. The van der Waals surface area contributed by atoms with Crippen molar-refractivity contribution in [1.29, 1.82) is 0 Å². The maximum absolute atomic E-state index is 13.1. The normalized spacial score (nSPS) is 14.0. The van der Waals surface area contributed by atoms with Gasteiger partial charge in [0.1, 0.15) is 19.3 Å². The fraction of sp³-hybridized carbons (Fsp3) is 0.949. The summed E-state index contributed by atoms with van der Waals surface area (Å²) >= 11 is 0. The van der Waals surface area contributed by atoms with Crippen molar-refractivity contribution in [2.75, 3.05) is 39.6 Å². The van der Waals surface area contributed by atoms with Gasteiger partial charge in [0.2, 0.25) is 0 Å². The van der Waals surface area contributed by atoms with Crippen LogP contribution in [0.1, 0.15) is 402 Å². The lowest BCUT2D eigenvalue weighted by Gasteiger charge is -2.21. The molecular formula is C78H152O17P2. The molecule has 0 rings (SSSR count). The molecule has 0 heterocycles. The first-order valence-electron chi connectivity index (χ1n) is 40.3. The molecule has 0 aliphatic carbocycles. The molecule has 0 radical (unpaired) electrons. The number of carbonyl (C=O) groups is 4. The molecule has 5 atom stereocenters. The first kappa shape index (κ1) is 95.1. The van der Waals surface area contributed by atoms with Gasteiger partial charge in [-0.15, -0.1) is 0 Å². The Morgan fingerprint density at radius 3 is 0.701 bits per heavy atom. The van der Waals surface area contributed by atoms with Crippen LogP contribution in [0.5, 0.6) is 0 Å². The van der Waals surface area contributed by atoms with Crippen LogP contribution >= 0.6 is 15.6 Å². The fourth-order valence-corrected chi connectivity index (χ4v) is 13.5. The number of aliphatic hydroxyl groups excluding tert-OH is 1. The van der Waals surface area contributed by atoms with Crippen molar-refractivity contribution < 1.29 is 80.2 Å². The molecule has 2 unspecified atom stereocenters. The number of rotatable bonds is 76. The van der Waals surface area contributed by atoms with Gasteiger partial charge in [-0.1, -0.05) is 350 Å². The molecule has 0 saturated heterocycles. The number of carbonyl (C=O) groups excluding carboxylic acids is 4. The lowest BCUT2D eigenvalue weighted by atomic mass is 10.0. The number of unbranched alkanes of at least 4 members (excludes halogenated alkanes) is 44. The monoisotopic (exact) mass is 1420 g/mol. The first-order chi connectivity index (χ1) is 46.7. The molecule has 576 valence electrons. The highest BCUT2D eigenvalue weighted by molar-refractivity contribution is 7.47. The molecule has 17 nitrogen and oxygen atoms in total. The van der Waals surface area contributed by atoms with Crippen molar-refractivity contribution in [2.45, 2.75) is 420 Å². The lowest BCUT2D eigenvalue weighted by molar-refractivity contribution is -0.161. The molecule has 0 aromatic heterocycles. The average Bonchev–Trinajstić information content (AvgIpc) is 2.12. The van der Waals surface area contributed by atoms with Crippen LogP contribution in [-0.2, 0) is 65.4 Å². The number of hydrogen-bond acceptors (Lipinski definition) is 15. The van der Waals surface area contributed by atoms with Gasteiger partial charge in [0.25, 0.3) is 0 Å². The number of ether oxygens (including phenoxy) is 4. The van der Waals surface area contributed by atoms with E-state index >= 15 is 0 Å². The third-order valence-electron chi connectivity index (χ3n) is 18.1. The largest absolute Gasteiger partial charge is 0.472 e. The summed E-state index contributed by atoms with van der Waals surface area (Å²) in [7, 11) is -9.91. The molecule has 0 fully saturated rings. The standard InChI is InChI=1S/C78H152O17P2/c1-8-9-10-11-12-13-14-27-33-38-47-54-61-77(82)95-74(66-89-76(81)60-53-46-41-40-44-51-58-71(6)7)68-93-97(86,87)91-64-72(79)63-90-96(84,85)92-67-73(94-78(83)62-55-48-39-34-29-24-20-16-18-22-26-31-36-43-50-57-70(4)5)65-88-75(80)59-52-45-37-32-28-23-19-15-17-21-25-30-35-42-49-56-69(2)3/h69-74,79H,8-68H2,1-7H3,(H,84,85)(H,86,87)/t72-,73-,74-/m1/s1. The molecule has 19 heteroatoms. The Labute approximate surface area is 594 Å². The molecule has 97 heavy (non-hydrogen) atoms. The van der Waals surface area contributed by atoms with Crippen LogP contribution in [0, 0.1) is 17.8 Å². The zero-order valence-corrected chi connectivity index (χ0v) is 65.3. The Morgan fingerprint density at radius 1 is 0.278 bits per heavy atom. The molecule has 0 saturated carbocycles. The summed E-state index contributed by atoms with van der Waals surface area (Å²) in [4.78, 5) is 72.8. The fourth-order valence-electron chi connectivity index (χ4n) is 12.0. The third kappa shape index (κ3) is 72.2. The Bertz CT molecular complexity index is 1890. The van der Waals surface area contributed by atoms with Crippen LogP contribution in [0.3, 0.4) is 0 Å². The highest BCUT2D eigenvalue weighted by atomic mass is 31.2. The molecule has 0 amide bonds. The van der Waals surface area contributed by atoms with Crippen molar-refractivity contribution in [3.8, 4) is 0 Å². The van der Waals surface area contributed by atoms with Gasteiger partial charge in [-0.05, 0) is 43.4 Å². The Hall–Kier alpha value is -1.94. The second-order valence-electron chi connectivity index (χ2n) is 29.5. The van der Waals surface area contributed by atoms with Crippen molar-refractivity contribution in [1.82, 2.24) is 0 Å². The van der Waals surface area contributed by atoms with E-state index in [1.54, 1.807) is 0 Å². The minimum Gasteiger partial charge on any atom is -0.462 e. The van der Waals surface area contributed by atoms with Crippen LogP contribution in [0.15, 0.2) is 0 Å². The summed E-state index contributed by atoms with van der Waals surface area (Å²) in [6, 6.07) is 0. The van der Waals surface area contributed by atoms with Crippen LogP contribution in [0.4, 0.5) is 0 Å². The average molecular weight is 1420 g/mol. The van der Waals surface area contributed by atoms with Crippen LogP contribution < -0.4 is 0 Å². The van der Waals surface area contributed by atoms with Gasteiger partial charge in [0.05, 0.1) is 26.4 Å². The van der Waals surface area contributed by atoms with E-state index in [9.17, 15) is 43.2 Å². The van der Waals surface area contributed by atoms with Crippen molar-refractivity contribution in [3.05, 3.63) is 0 Å². The Balaban J connectivity index is 5.22. The lowest BCUT2D eigenvalue weighted by Crippen LogP contribution is -2.30. The number of hydrogen-bond donors (Lipinski definition) is 3. The number of aliphatic hydroxyl groups is 1. The van der Waals surface area contributed by atoms with E-state index in [0.29, 0.717) is 31.6 Å². The van der Waals surface area contributed by atoms with Gasteiger partial charge in [-0.3, -0.25) is 37.3 Å². The highest BCUT2D eigenvalue weighted by Crippen LogP contribution is 2.45. The van der Waals surface area contributed by atoms with Crippen molar-refractivity contribution >= 4 is 39.5 Å². The quantitative estimate of drug-likeness (QED) is 0.0222. The first-order valence-corrected chi connectivity index (χ1v) is 43.3. The Kier molecular flexibility index (Phi) is 67.1. The zero-order chi connectivity index (χ0) is 71.6. The molecule has 0 aromatic rings. The second kappa shape index (κ2) is 68.5. The molecule has 0 aliphatic rings. The molecule has 0 aliphatic heterocycles. The summed E-state index contributed by atoms with van der Waals surface area (Å²) in [5, 5.41) is 10.6. The maximum atomic E-state index is 13.1. The summed E-state index contributed by atoms with van der Waals surface area (Å²) < 4.78 is 68.6. The van der Waals surface area contributed by atoms with Gasteiger partial charge in [-0.25, -0.2) is 9.13 Å². The predicted molar refractivity (Wildman–Crippen MR) is 395 cm³/mol. The van der Waals surface area contributed by atoms with E-state index in [4.69, 9.17) is 37.0 Å². The van der Waals surface area contributed by atoms with Gasteiger partial charge in [-0.2, -0.15) is 0 Å². The summed E-state index contributed by atoms with van der Waals surface area (Å²) in [5.41, 5.74) is 0. The van der Waals surface area contributed by atoms with E-state index in [2.05, 4.69) is 48.5 Å². The summed E-state index contributed by atoms with van der Waals surface area (Å²) in [6.45, 7) is 11.9. The van der Waals surface area contributed by atoms with E-state index in [1.165, 1.54) is 205 Å². The molecule has 0 aromatic carbocycles. The van der Waals surface area contributed by atoms with Gasteiger partial charge < -0.3 is 33.8 Å². The highest BCUT2D eigenvalue weighted by Gasteiger charge is 2.30. The number of phosphoric acid groups is 2. The number of phosphoric ester groups is 2. The maximum Gasteiger partial charge on any atom is 0.472 e. The van der Waals surface area contributed by atoms with E-state index in [0.717, 1.165) is 108 Å². The topological polar surface area (TPSA) is 237 Å². The van der Waals surface area contributed by atoms with E-state index in [1.807, 2.05) is 0 Å². The SMILES string of the molecule is CCCCCCCCCCCCCCC(=O)O[C@H](COC(=O)CCCCCCCCC(C)C)COP(=O)(O)OC[C@H](O)COP(=O)(O)OC[C@@H](COC(=O)CCCCCCCCCCCCCCCCCC(C)C)OC(=O)CCCCCCCCCCCCCCCCCC(C)C. The molecular weight excluding hydrogens is 1270 g/mol. The third-order valence-corrected chi connectivity index (χ3v) is 20.0. The second-order valence-corrected chi connectivity index (χ2v) is 32.4. The van der Waals surface area contributed by atoms with Crippen LogP contribution in [0.25, 0.3) is 0 Å². The van der Waals surface area contributed by atoms with Crippen LogP contribution in [0.2, 0.25) is 0 Å². The van der Waals surface area contributed by atoms with Gasteiger partial charge >= 0.3 is 39.5 Å². The van der Waals surface area contributed by atoms with E-state index < -0.39 is 97.5 Å². The van der Waals surface area contributed by atoms with Crippen LogP contribution in [-0.4, -0.2) is 96.7 Å². The van der Waals surface area contributed by atoms with Crippen molar-refractivity contribution in [2.24, 2.45) is 17.8 Å². The smallest absolute Gasteiger partial charge is 0.462 e.